The molecule has 0 unspecified atom stereocenters. The first kappa shape index (κ1) is 14.0. The van der Waals surface area contributed by atoms with Crippen LogP contribution in [0, 0.1) is 3.57 Å². The van der Waals surface area contributed by atoms with Gasteiger partial charge in [-0.25, -0.2) is 4.98 Å². The fourth-order valence-electron chi connectivity index (χ4n) is 2.28. The van der Waals surface area contributed by atoms with Gasteiger partial charge in [0.05, 0.1) is 25.3 Å². The molecular formula is C15H14IN3O2. The highest BCUT2D eigenvalue weighted by Gasteiger charge is 2.14. The first-order valence-corrected chi connectivity index (χ1v) is 7.38. The molecule has 108 valence electrons. The predicted molar refractivity (Wildman–Crippen MR) is 91.3 cm³/mol. The number of imidazole rings is 1. The largest absolute Gasteiger partial charge is 0.493 e. The molecule has 5 nitrogen and oxygen atoms in total. The van der Waals surface area contributed by atoms with E-state index in [1.54, 1.807) is 14.2 Å². The van der Waals surface area contributed by atoms with Crippen molar-refractivity contribution in [1.29, 1.82) is 0 Å². The molecule has 0 atom stereocenters. The van der Waals surface area contributed by atoms with Gasteiger partial charge in [0.2, 0.25) is 5.95 Å². The Bertz CT molecular complexity index is 797. The van der Waals surface area contributed by atoms with Gasteiger partial charge in [-0.1, -0.05) is 0 Å². The van der Waals surface area contributed by atoms with Crippen LogP contribution < -0.4 is 15.2 Å². The third-order valence-corrected chi connectivity index (χ3v) is 3.99. The molecule has 0 saturated heterocycles. The molecule has 0 aliphatic carbocycles. The van der Waals surface area contributed by atoms with Gasteiger partial charge >= 0.3 is 0 Å². The van der Waals surface area contributed by atoms with Crippen LogP contribution in [0.2, 0.25) is 0 Å². The summed E-state index contributed by atoms with van der Waals surface area (Å²) in [5.41, 5.74) is 8.68. The van der Waals surface area contributed by atoms with Crippen LogP contribution in [-0.2, 0) is 0 Å². The summed E-state index contributed by atoms with van der Waals surface area (Å²) in [5.74, 6) is 1.72. The second-order valence-electron chi connectivity index (χ2n) is 4.48. The molecule has 2 aromatic carbocycles. The molecule has 0 aliphatic heterocycles. The molecule has 21 heavy (non-hydrogen) atoms. The van der Waals surface area contributed by atoms with Crippen LogP contribution in [0.25, 0.3) is 16.7 Å². The lowest BCUT2D eigenvalue weighted by molar-refractivity contribution is 0.355. The average molecular weight is 395 g/mol. The van der Waals surface area contributed by atoms with Crippen molar-refractivity contribution in [3.63, 3.8) is 0 Å². The minimum atomic E-state index is 0.432. The van der Waals surface area contributed by atoms with Crippen LogP contribution in [0.5, 0.6) is 11.5 Å². The van der Waals surface area contributed by atoms with Gasteiger partial charge in [0, 0.05) is 21.4 Å². The van der Waals surface area contributed by atoms with Gasteiger partial charge in [0.1, 0.15) is 0 Å². The smallest absolute Gasteiger partial charge is 0.205 e. The van der Waals surface area contributed by atoms with Crippen molar-refractivity contribution in [2.45, 2.75) is 0 Å². The van der Waals surface area contributed by atoms with Crippen LogP contribution in [0.15, 0.2) is 36.4 Å². The van der Waals surface area contributed by atoms with Gasteiger partial charge in [-0.2, -0.15) is 0 Å². The van der Waals surface area contributed by atoms with E-state index in [0.717, 1.165) is 16.7 Å². The van der Waals surface area contributed by atoms with Crippen LogP contribution in [0.1, 0.15) is 0 Å². The van der Waals surface area contributed by atoms with E-state index >= 15 is 0 Å². The average Bonchev–Trinajstić information content (AvgIpc) is 2.81. The van der Waals surface area contributed by atoms with Crippen LogP contribution in [-0.4, -0.2) is 23.8 Å². The summed E-state index contributed by atoms with van der Waals surface area (Å²) >= 11 is 2.27. The van der Waals surface area contributed by atoms with E-state index in [1.807, 2.05) is 41.0 Å². The maximum absolute atomic E-state index is 6.07. The number of ether oxygens (including phenoxy) is 2. The van der Waals surface area contributed by atoms with Crippen LogP contribution in [0.3, 0.4) is 0 Å². The third-order valence-electron chi connectivity index (χ3n) is 3.27. The van der Waals surface area contributed by atoms with Crippen molar-refractivity contribution < 1.29 is 9.47 Å². The summed E-state index contributed by atoms with van der Waals surface area (Å²) in [6.07, 6.45) is 0. The quantitative estimate of drug-likeness (QED) is 0.692. The Hall–Kier alpha value is -1.96. The molecule has 1 aromatic heterocycles. The number of hydrogen-bond donors (Lipinski definition) is 1. The van der Waals surface area contributed by atoms with Crippen molar-refractivity contribution in [1.82, 2.24) is 9.55 Å². The van der Waals surface area contributed by atoms with Gasteiger partial charge in [-0.3, -0.25) is 4.57 Å². The highest BCUT2D eigenvalue weighted by atomic mass is 127. The number of anilines is 1. The van der Waals surface area contributed by atoms with E-state index in [4.69, 9.17) is 15.2 Å². The van der Waals surface area contributed by atoms with Crippen molar-refractivity contribution >= 4 is 39.6 Å². The molecule has 0 saturated carbocycles. The summed E-state index contributed by atoms with van der Waals surface area (Å²) in [6.45, 7) is 0. The molecule has 0 fully saturated rings. The van der Waals surface area contributed by atoms with E-state index < -0.39 is 0 Å². The van der Waals surface area contributed by atoms with Gasteiger partial charge in [0.15, 0.2) is 11.5 Å². The number of aromatic nitrogens is 2. The number of rotatable bonds is 3. The Balaban J connectivity index is 2.27. The number of hydrogen-bond acceptors (Lipinski definition) is 4. The maximum atomic E-state index is 6.07. The van der Waals surface area contributed by atoms with Gasteiger partial charge in [-0.15, -0.1) is 0 Å². The van der Waals surface area contributed by atoms with Crippen molar-refractivity contribution in [2.75, 3.05) is 20.0 Å². The molecule has 2 N–H and O–H groups in total. The molecule has 3 aromatic rings. The van der Waals surface area contributed by atoms with E-state index in [-0.39, 0.29) is 0 Å². The van der Waals surface area contributed by atoms with E-state index in [2.05, 4.69) is 27.6 Å². The zero-order chi connectivity index (χ0) is 15.0. The van der Waals surface area contributed by atoms with E-state index in [1.165, 1.54) is 3.57 Å². The Kier molecular flexibility index (Phi) is 3.62. The lowest BCUT2D eigenvalue weighted by Gasteiger charge is -2.10. The van der Waals surface area contributed by atoms with Crippen LogP contribution in [0.4, 0.5) is 5.95 Å². The van der Waals surface area contributed by atoms with Crippen molar-refractivity contribution in [3.05, 3.63) is 40.0 Å². The number of fused-ring (bicyclic) bond motifs is 1. The third kappa shape index (κ3) is 2.39. The number of benzene rings is 2. The number of nitrogens with two attached hydrogens (primary N) is 1. The standard InChI is InChI=1S/C15H14IN3O2/c1-20-13-7-11-12(8-14(13)21-2)19(15(17)18-11)10-5-3-9(16)4-6-10/h3-8H,1-2H3,(H2,17,18). The predicted octanol–water partition coefficient (Wildman–Crippen LogP) is 3.23. The fraction of sp³-hybridized carbons (Fsp3) is 0.133. The minimum absolute atomic E-state index is 0.432. The normalized spacial score (nSPS) is 10.8. The molecule has 6 heteroatoms. The Morgan fingerprint density at radius 1 is 1.05 bits per heavy atom. The molecule has 3 rings (SSSR count). The summed E-state index contributed by atoms with van der Waals surface area (Å²) in [7, 11) is 3.21. The number of methoxy groups -OCH3 is 2. The molecular weight excluding hydrogens is 381 g/mol. The van der Waals surface area contributed by atoms with E-state index in [0.29, 0.717) is 17.4 Å². The second kappa shape index (κ2) is 5.44. The maximum Gasteiger partial charge on any atom is 0.205 e. The molecule has 0 aliphatic rings. The Morgan fingerprint density at radius 3 is 2.29 bits per heavy atom. The minimum Gasteiger partial charge on any atom is -0.493 e. The lowest BCUT2D eigenvalue weighted by atomic mass is 10.2. The SMILES string of the molecule is COc1cc2nc(N)n(-c3ccc(I)cc3)c2cc1OC. The molecule has 1 heterocycles. The first-order chi connectivity index (χ1) is 10.1. The van der Waals surface area contributed by atoms with Crippen molar-refractivity contribution in [2.24, 2.45) is 0 Å². The second-order valence-corrected chi connectivity index (χ2v) is 5.72. The fourth-order valence-corrected chi connectivity index (χ4v) is 2.64. The summed E-state index contributed by atoms with van der Waals surface area (Å²) < 4.78 is 13.7. The molecule has 0 amide bonds. The monoisotopic (exact) mass is 395 g/mol. The Morgan fingerprint density at radius 2 is 1.67 bits per heavy atom. The lowest BCUT2D eigenvalue weighted by Crippen LogP contribution is -2.00. The Labute approximate surface area is 135 Å². The van der Waals surface area contributed by atoms with Gasteiger partial charge < -0.3 is 15.2 Å². The number of nitrogens with zero attached hydrogens (tertiary/aromatic N) is 2. The summed E-state index contributed by atoms with van der Waals surface area (Å²) in [6, 6.07) is 11.8. The molecule has 0 spiro atoms. The zero-order valence-corrected chi connectivity index (χ0v) is 13.8. The topological polar surface area (TPSA) is 62.3 Å². The van der Waals surface area contributed by atoms with Crippen LogP contribution >= 0.6 is 22.6 Å². The van der Waals surface area contributed by atoms with Gasteiger partial charge in [-0.05, 0) is 46.9 Å². The summed E-state index contributed by atoms with van der Waals surface area (Å²) in [5, 5.41) is 0. The highest BCUT2D eigenvalue weighted by molar-refractivity contribution is 14.1. The number of nitrogen functional groups attached to an aromatic ring is 1. The van der Waals surface area contributed by atoms with E-state index in [9.17, 15) is 0 Å². The number of halogens is 1. The van der Waals surface area contributed by atoms with Gasteiger partial charge in [0.25, 0.3) is 0 Å². The zero-order valence-electron chi connectivity index (χ0n) is 11.6. The molecule has 0 bridgehead atoms. The first-order valence-electron chi connectivity index (χ1n) is 6.30. The molecule has 0 radical (unpaired) electrons. The highest BCUT2D eigenvalue weighted by Crippen LogP contribution is 2.34. The summed E-state index contributed by atoms with van der Waals surface area (Å²) in [4.78, 5) is 4.40. The van der Waals surface area contributed by atoms with Crippen molar-refractivity contribution in [3.8, 4) is 17.2 Å².